The third-order valence-corrected chi connectivity index (χ3v) is 12.7. The van der Waals surface area contributed by atoms with Crippen LogP contribution in [0.5, 0.6) is 0 Å². The van der Waals surface area contributed by atoms with Crippen molar-refractivity contribution in [3.05, 3.63) is 138 Å². The van der Waals surface area contributed by atoms with E-state index in [0.717, 1.165) is 75.4 Å². The van der Waals surface area contributed by atoms with Crippen LogP contribution in [0, 0.1) is 27.7 Å². The van der Waals surface area contributed by atoms with Gasteiger partial charge in [-0.25, -0.2) is 24.7 Å². The topological polar surface area (TPSA) is 124 Å². The molecule has 11 nitrogen and oxygen atoms in total. The third kappa shape index (κ3) is 14.4. The fourth-order valence-electron chi connectivity index (χ4n) is 6.76. The summed E-state index contributed by atoms with van der Waals surface area (Å²) >= 11 is 3.29. The maximum atomic E-state index is 12.7. The Hall–Kier alpha value is -5.25. The van der Waals surface area contributed by atoms with Gasteiger partial charge in [-0.15, -0.1) is 52.1 Å². The summed E-state index contributed by atoms with van der Waals surface area (Å²) < 4.78 is 5.34. The van der Waals surface area contributed by atoms with Gasteiger partial charge in [-0.05, 0) is 111 Å². The number of aromatic carboxylic acids is 1. The van der Waals surface area contributed by atoms with Gasteiger partial charge in [-0.2, -0.15) is 0 Å². The second-order valence-corrected chi connectivity index (χ2v) is 17.6. The van der Waals surface area contributed by atoms with Gasteiger partial charge < -0.3 is 24.5 Å². The summed E-state index contributed by atoms with van der Waals surface area (Å²) in [6.07, 6.45) is 5.31. The summed E-state index contributed by atoms with van der Waals surface area (Å²) in [7, 11) is 4.03. The first-order chi connectivity index (χ1) is 30.3. The van der Waals surface area contributed by atoms with Crippen LogP contribution in [-0.2, 0) is 17.6 Å². The lowest BCUT2D eigenvalue weighted by Crippen LogP contribution is -2.40. The Labute approximate surface area is 408 Å². The zero-order valence-corrected chi connectivity index (χ0v) is 42.5. The number of morpholine rings is 1. The van der Waals surface area contributed by atoms with Crippen molar-refractivity contribution in [2.45, 2.75) is 54.4 Å². The molecule has 15 heteroatoms. The summed E-state index contributed by atoms with van der Waals surface area (Å²) in [5.41, 5.74) is 14.0. The summed E-state index contributed by atoms with van der Waals surface area (Å²) in [4.78, 5) is 48.5. The molecule has 1 aliphatic rings. The zero-order chi connectivity index (χ0) is 45.0. The molecule has 1 saturated heterocycles. The molecule has 0 spiro atoms. The molecule has 1 N–H and O–H groups in total. The zero-order valence-electron chi connectivity index (χ0n) is 38.3. The molecule has 1 aliphatic heterocycles. The Morgan fingerprint density at radius 3 is 1.51 bits per heavy atom. The van der Waals surface area contributed by atoms with Gasteiger partial charge in [0.05, 0.1) is 64.2 Å². The normalized spacial score (nSPS) is 12.3. The van der Waals surface area contributed by atoms with E-state index in [9.17, 15) is 9.59 Å². The summed E-state index contributed by atoms with van der Waals surface area (Å²) in [5, 5.41) is 15.3. The quantitative estimate of drug-likeness (QED) is 0.0845. The molecule has 4 aromatic carbocycles. The highest BCUT2D eigenvalue weighted by atomic mass is 79.9. The molecule has 0 bridgehead atoms. The van der Waals surface area contributed by atoms with E-state index in [1.165, 1.54) is 27.8 Å². The van der Waals surface area contributed by atoms with E-state index < -0.39 is 5.97 Å². The average molecular weight is 1000 g/mol. The van der Waals surface area contributed by atoms with Crippen LogP contribution in [-0.4, -0.2) is 108 Å². The second kappa shape index (κ2) is 24.9. The first-order valence-electron chi connectivity index (χ1n) is 21.2. The number of thiazole rings is 2. The Morgan fingerprint density at radius 1 is 0.692 bits per heavy atom. The van der Waals surface area contributed by atoms with Crippen molar-refractivity contribution in [3.63, 3.8) is 0 Å². The van der Waals surface area contributed by atoms with Crippen LogP contribution in [0.15, 0.2) is 93.5 Å². The van der Waals surface area contributed by atoms with Gasteiger partial charge in [-0.3, -0.25) is 4.79 Å². The number of aryl methyl sites for hydroxylation is 4. The fraction of sp³-hybridized carbons (Fsp3) is 0.320. The van der Waals surface area contributed by atoms with Crippen molar-refractivity contribution < 1.29 is 19.4 Å². The van der Waals surface area contributed by atoms with E-state index in [-0.39, 0.29) is 40.9 Å². The van der Waals surface area contributed by atoms with E-state index in [4.69, 9.17) is 19.8 Å². The number of aromatic nitrogens is 2. The molecule has 2 aromatic heterocycles. The van der Waals surface area contributed by atoms with E-state index in [0.29, 0.717) is 31.9 Å². The number of hydrogen-bond acceptors (Lipinski definition) is 9. The number of ether oxygens (including phenoxy) is 1. The molecule has 0 aliphatic carbocycles. The van der Waals surface area contributed by atoms with Crippen molar-refractivity contribution in [2.24, 2.45) is 9.98 Å². The van der Waals surface area contributed by atoms with Crippen molar-refractivity contribution in [1.29, 1.82) is 0 Å². The first kappa shape index (κ1) is 52.4. The van der Waals surface area contributed by atoms with Crippen LogP contribution in [0.4, 0.5) is 11.4 Å². The lowest BCUT2D eigenvalue weighted by atomic mass is 10.0. The molecule has 0 unspecified atom stereocenters. The van der Waals surface area contributed by atoms with E-state index in [1.54, 1.807) is 46.9 Å². The minimum Gasteiger partial charge on any atom is -0.478 e. The monoisotopic (exact) mass is 999 g/mol. The number of benzene rings is 4. The maximum Gasteiger partial charge on any atom is 0.335 e. The Kier molecular flexibility index (Phi) is 20.0. The van der Waals surface area contributed by atoms with Gasteiger partial charge in [0.1, 0.15) is 0 Å². The van der Waals surface area contributed by atoms with Crippen LogP contribution in [0.1, 0.15) is 78.0 Å². The van der Waals surface area contributed by atoms with Crippen LogP contribution in [0.25, 0.3) is 22.5 Å². The maximum absolute atomic E-state index is 12.7. The highest BCUT2D eigenvalue weighted by molar-refractivity contribution is 8.93. The number of rotatable bonds is 14. The Balaban J connectivity index is 0.000000279. The number of carboxylic acid groups (broad SMARTS) is 1. The SMILES string of the molecule is Br.CCN(C)C=Nc1cc(C)c(Cc2nc(-c3ccc(C(=O)N4CCOCC4)cc3)cs2)cc1C.CCN(C)C=Nc1cc(C)c(Cc2nc(-c3ccc(C(=O)O)cc3)cs2)cc1C.Cl. The Morgan fingerprint density at radius 2 is 1.11 bits per heavy atom. The number of carboxylic acids is 1. The molecular formula is C50H59BrClN7O4S2. The summed E-state index contributed by atoms with van der Waals surface area (Å²) in [6.45, 7) is 17.0. The lowest BCUT2D eigenvalue weighted by molar-refractivity contribution is 0.0303. The average Bonchev–Trinajstić information content (AvgIpc) is 3.98. The molecule has 344 valence electrons. The van der Waals surface area contributed by atoms with Crippen LogP contribution < -0.4 is 0 Å². The van der Waals surface area contributed by atoms with E-state index in [1.807, 2.05) is 66.2 Å². The van der Waals surface area contributed by atoms with Gasteiger partial charge in [0, 0.05) is 80.6 Å². The Bertz CT molecular complexity index is 2570. The number of hydrogen-bond donors (Lipinski definition) is 1. The fourth-order valence-corrected chi connectivity index (χ4v) is 8.41. The predicted octanol–water partition coefficient (Wildman–Crippen LogP) is 11.4. The van der Waals surface area contributed by atoms with E-state index >= 15 is 0 Å². The summed E-state index contributed by atoms with van der Waals surface area (Å²) in [5.74, 6) is -0.857. The number of carbonyl (C=O) groups excluding carboxylic acids is 1. The van der Waals surface area contributed by atoms with Gasteiger partial charge in [-0.1, -0.05) is 36.4 Å². The second-order valence-electron chi connectivity index (χ2n) is 15.7. The van der Waals surface area contributed by atoms with Gasteiger partial charge in [0.2, 0.25) is 0 Å². The smallest absolute Gasteiger partial charge is 0.335 e. The first-order valence-corrected chi connectivity index (χ1v) is 23.0. The largest absolute Gasteiger partial charge is 0.478 e. The van der Waals surface area contributed by atoms with Gasteiger partial charge in [0.25, 0.3) is 5.91 Å². The minimum absolute atomic E-state index is 0. The van der Waals surface area contributed by atoms with Gasteiger partial charge in [0.15, 0.2) is 0 Å². The number of nitrogens with zero attached hydrogens (tertiary/aromatic N) is 7. The number of carbonyl (C=O) groups is 2. The molecule has 0 radical (unpaired) electrons. The number of halogens is 2. The molecule has 65 heavy (non-hydrogen) atoms. The van der Waals surface area contributed by atoms with Crippen LogP contribution >= 0.6 is 52.1 Å². The highest BCUT2D eigenvalue weighted by Crippen LogP contribution is 2.30. The number of amides is 1. The number of aliphatic imine (C=N–C) groups is 2. The highest BCUT2D eigenvalue weighted by Gasteiger charge is 2.19. The van der Waals surface area contributed by atoms with E-state index in [2.05, 4.69) is 86.1 Å². The van der Waals surface area contributed by atoms with Crippen molar-refractivity contribution in [1.82, 2.24) is 24.7 Å². The standard InChI is InChI=1S/C27H32N4O2S.C23H25N3O2S.BrH.ClH/c1-5-30(4)18-28-24-15-19(2)23(14-20(24)3)16-26-29-25(17-34-26)21-6-8-22(9-7-21)27(32)31-10-12-33-13-11-31;1-5-26(4)14-24-20-11-15(2)19(10-16(20)3)12-22-25-21(13-29-22)17-6-8-18(9-7-17)23(27)28;;/h6-9,14-15,17-18H,5,10-13,16H2,1-4H3;6-11,13-14H,5,12H2,1-4H3,(H,27,28);2*1H. The molecule has 1 fully saturated rings. The predicted molar refractivity (Wildman–Crippen MR) is 277 cm³/mol. The van der Waals surface area contributed by atoms with Crippen molar-refractivity contribution >= 4 is 88.0 Å². The molecular weight excluding hydrogens is 942 g/mol. The molecule has 6 aromatic rings. The van der Waals surface area contributed by atoms with Crippen LogP contribution in [0.3, 0.4) is 0 Å². The lowest BCUT2D eigenvalue weighted by Gasteiger charge is -2.26. The molecule has 0 saturated carbocycles. The third-order valence-electron chi connectivity index (χ3n) is 11.0. The molecule has 3 heterocycles. The molecule has 7 rings (SSSR count). The minimum atomic E-state index is -0.921. The summed E-state index contributed by atoms with van der Waals surface area (Å²) in [6, 6.07) is 23.3. The molecule has 1 amide bonds. The van der Waals surface area contributed by atoms with Crippen molar-refractivity contribution in [3.8, 4) is 22.5 Å². The van der Waals surface area contributed by atoms with Crippen molar-refractivity contribution in [2.75, 3.05) is 53.5 Å². The molecule has 0 atom stereocenters. The van der Waals surface area contributed by atoms with Gasteiger partial charge >= 0.3 is 5.97 Å². The van der Waals surface area contributed by atoms with Crippen LogP contribution in [0.2, 0.25) is 0 Å².